The molecule has 0 aliphatic carbocycles. The second-order valence-corrected chi connectivity index (χ2v) is 6.03. The van der Waals surface area contributed by atoms with Gasteiger partial charge in [0.1, 0.15) is 6.04 Å². The first-order valence-electron chi connectivity index (χ1n) is 7.40. The summed E-state index contributed by atoms with van der Waals surface area (Å²) in [6, 6.07) is 7.42. The molecule has 21 heavy (non-hydrogen) atoms. The Bertz CT molecular complexity index is 519. The second-order valence-electron chi connectivity index (χ2n) is 5.18. The van der Waals surface area contributed by atoms with Crippen LogP contribution in [0.3, 0.4) is 0 Å². The van der Waals surface area contributed by atoms with Crippen molar-refractivity contribution in [3.8, 4) is 0 Å². The lowest BCUT2D eigenvalue weighted by Gasteiger charge is -2.24. The molecule has 2 rings (SSSR count). The van der Waals surface area contributed by atoms with Crippen molar-refractivity contribution in [1.82, 2.24) is 4.90 Å². The van der Waals surface area contributed by atoms with E-state index < -0.39 is 0 Å². The maximum absolute atomic E-state index is 12.5. The van der Waals surface area contributed by atoms with Crippen LogP contribution in [0.15, 0.2) is 29.2 Å². The fourth-order valence-corrected chi connectivity index (χ4v) is 3.21. The van der Waals surface area contributed by atoms with E-state index in [0.29, 0.717) is 13.0 Å². The normalized spacial score (nSPS) is 17.8. The van der Waals surface area contributed by atoms with Crippen LogP contribution < -0.4 is 5.32 Å². The Balaban J connectivity index is 2.07. The second kappa shape index (κ2) is 7.50. The number of hydrogen-bond acceptors (Lipinski definition) is 3. The van der Waals surface area contributed by atoms with Crippen LogP contribution in [0.4, 0.5) is 5.69 Å². The molecular weight excluding hydrogens is 284 g/mol. The topological polar surface area (TPSA) is 49.4 Å². The van der Waals surface area contributed by atoms with Gasteiger partial charge in [-0.2, -0.15) is 0 Å². The molecule has 1 aliphatic heterocycles. The zero-order valence-electron chi connectivity index (χ0n) is 12.6. The van der Waals surface area contributed by atoms with Crippen molar-refractivity contribution in [2.75, 3.05) is 18.1 Å². The minimum Gasteiger partial charge on any atom is -0.331 e. The van der Waals surface area contributed by atoms with E-state index in [1.807, 2.05) is 37.4 Å². The van der Waals surface area contributed by atoms with Gasteiger partial charge in [0.25, 0.3) is 0 Å². The molecule has 1 saturated heterocycles. The molecule has 2 amide bonds. The Morgan fingerprint density at radius 3 is 2.86 bits per heavy atom. The molecule has 1 aromatic carbocycles. The minimum absolute atomic E-state index is 0.0709. The molecule has 0 bridgehead atoms. The van der Waals surface area contributed by atoms with Crippen molar-refractivity contribution in [3.05, 3.63) is 24.3 Å². The molecule has 0 saturated carbocycles. The largest absolute Gasteiger partial charge is 0.331 e. The average Bonchev–Trinajstić information content (AvgIpc) is 2.97. The standard InChI is InChI=1S/C16H22N2O2S/c1-3-7-15(19)18-11-6-9-13(18)16(20)17-12-8-4-5-10-14(12)21-2/h4-5,8,10,13H,3,6-7,9,11H2,1-2H3,(H,17,20). The summed E-state index contributed by atoms with van der Waals surface area (Å²) in [7, 11) is 0. The molecule has 114 valence electrons. The van der Waals surface area contributed by atoms with Crippen molar-refractivity contribution in [2.45, 2.75) is 43.5 Å². The maximum atomic E-state index is 12.5. The van der Waals surface area contributed by atoms with E-state index in [9.17, 15) is 9.59 Å². The molecule has 1 unspecified atom stereocenters. The molecule has 0 aromatic heterocycles. The third-order valence-corrected chi connectivity index (χ3v) is 4.50. The number of hydrogen-bond donors (Lipinski definition) is 1. The number of nitrogens with zero attached hydrogens (tertiary/aromatic N) is 1. The van der Waals surface area contributed by atoms with Gasteiger partial charge in [0.2, 0.25) is 11.8 Å². The number of thioether (sulfide) groups is 1. The molecular formula is C16H22N2O2S. The van der Waals surface area contributed by atoms with Gasteiger partial charge in [-0.3, -0.25) is 9.59 Å². The monoisotopic (exact) mass is 306 g/mol. The average molecular weight is 306 g/mol. The van der Waals surface area contributed by atoms with Gasteiger partial charge in [-0.05, 0) is 37.7 Å². The smallest absolute Gasteiger partial charge is 0.247 e. The lowest BCUT2D eigenvalue weighted by molar-refractivity contribution is -0.136. The number of anilines is 1. The van der Waals surface area contributed by atoms with Crippen molar-refractivity contribution in [1.29, 1.82) is 0 Å². The summed E-state index contributed by atoms with van der Waals surface area (Å²) < 4.78 is 0. The van der Waals surface area contributed by atoms with Gasteiger partial charge in [-0.25, -0.2) is 0 Å². The number of nitrogens with one attached hydrogen (secondary N) is 1. The van der Waals surface area contributed by atoms with Gasteiger partial charge < -0.3 is 10.2 Å². The van der Waals surface area contributed by atoms with Crippen LogP contribution in [0.1, 0.15) is 32.6 Å². The van der Waals surface area contributed by atoms with E-state index in [1.54, 1.807) is 16.7 Å². The van der Waals surface area contributed by atoms with Crippen molar-refractivity contribution >= 4 is 29.3 Å². The highest BCUT2D eigenvalue weighted by atomic mass is 32.2. The fourth-order valence-electron chi connectivity index (χ4n) is 2.66. The summed E-state index contributed by atoms with van der Waals surface area (Å²) in [5, 5.41) is 2.98. The molecule has 1 aliphatic rings. The van der Waals surface area contributed by atoms with Crippen LogP contribution in [-0.4, -0.2) is 35.6 Å². The highest BCUT2D eigenvalue weighted by molar-refractivity contribution is 7.98. The Morgan fingerprint density at radius 2 is 2.14 bits per heavy atom. The molecule has 1 aromatic rings. The summed E-state index contributed by atoms with van der Waals surface area (Å²) in [5.74, 6) is 0.0201. The van der Waals surface area contributed by atoms with Gasteiger partial charge in [0.15, 0.2) is 0 Å². The lowest BCUT2D eigenvalue weighted by atomic mass is 10.2. The first-order valence-corrected chi connectivity index (χ1v) is 8.63. The lowest BCUT2D eigenvalue weighted by Crippen LogP contribution is -2.43. The van der Waals surface area contributed by atoms with Crippen molar-refractivity contribution in [2.24, 2.45) is 0 Å². The summed E-state index contributed by atoms with van der Waals surface area (Å²) in [5.41, 5.74) is 0.824. The predicted molar refractivity (Wildman–Crippen MR) is 86.5 cm³/mol. The zero-order chi connectivity index (χ0) is 15.2. The van der Waals surface area contributed by atoms with E-state index in [0.717, 1.165) is 29.8 Å². The number of rotatable bonds is 5. The molecule has 0 radical (unpaired) electrons. The molecule has 1 fully saturated rings. The SMILES string of the molecule is CCCC(=O)N1CCCC1C(=O)Nc1ccccc1SC. The molecule has 4 nitrogen and oxygen atoms in total. The van der Waals surface area contributed by atoms with E-state index >= 15 is 0 Å². The number of carbonyl (C=O) groups excluding carboxylic acids is 2. The molecule has 0 spiro atoms. The quantitative estimate of drug-likeness (QED) is 0.850. The summed E-state index contributed by atoms with van der Waals surface area (Å²) in [4.78, 5) is 27.3. The van der Waals surface area contributed by atoms with Crippen LogP contribution in [0.5, 0.6) is 0 Å². The van der Waals surface area contributed by atoms with Gasteiger partial charge >= 0.3 is 0 Å². The van der Waals surface area contributed by atoms with Gasteiger partial charge in [-0.1, -0.05) is 19.1 Å². The number of benzene rings is 1. The Morgan fingerprint density at radius 1 is 1.38 bits per heavy atom. The van der Waals surface area contributed by atoms with Gasteiger partial charge in [-0.15, -0.1) is 11.8 Å². The van der Waals surface area contributed by atoms with Gasteiger partial charge in [0.05, 0.1) is 5.69 Å². The van der Waals surface area contributed by atoms with Crippen molar-refractivity contribution < 1.29 is 9.59 Å². The summed E-state index contributed by atoms with van der Waals surface area (Å²) >= 11 is 1.60. The fraction of sp³-hybridized carbons (Fsp3) is 0.500. The summed E-state index contributed by atoms with van der Waals surface area (Å²) in [6.45, 7) is 2.68. The maximum Gasteiger partial charge on any atom is 0.247 e. The molecule has 5 heteroatoms. The van der Waals surface area contributed by atoms with Crippen molar-refractivity contribution in [3.63, 3.8) is 0 Å². The van der Waals surface area contributed by atoms with Gasteiger partial charge in [0, 0.05) is 17.9 Å². The van der Waals surface area contributed by atoms with Crippen LogP contribution >= 0.6 is 11.8 Å². The molecule has 1 N–H and O–H groups in total. The molecule has 1 heterocycles. The number of amides is 2. The number of carbonyl (C=O) groups is 2. The number of para-hydroxylation sites is 1. The predicted octanol–water partition coefficient (Wildman–Crippen LogP) is 3.14. The third kappa shape index (κ3) is 3.79. The zero-order valence-corrected chi connectivity index (χ0v) is 13.4. The Hall–Kier alpha value is -1.49. The van der Waals surface area contributed by atoms with Crippen LogP contribution in [0, 0.1) is 0 Å². The first-order chi connectivity index (χ1) is 10.2. The van der Waals surface area contributed by atoms with E-state index in [4.69, 9.17) is 0 Å². The number of likely N-dealkylation sites (tertiary alicyclic amines) is 1. The van der Waals surface area contributed by atoms with Crippen LogP contribution in [-0.2, 0) is 9.59 Å². The minimum atomic E-state index is -0.320. The Labute approximate surface area is 130 Å². The highest BCUT2D eigenvalue weighted by Crippen LogP contribution is 2.26. The third-order valence-electron chi connectivity index (χ3n) is 3.70. The van der Waals surface area contributed by atoms with Crippen LogP contribution in [0.25, 0.3) is 0 Å². The van der Waals surface area contributed by atoms with E-state index in [-0.39, 0.29) is 17.9 Å². The summed E-state index contributed by atoms with van der Waals surface area (Å²) in [6.07, 6.45) is 4.97. The highest BCUT2D eigenvalue weighted by Gasteiger charge is 2.33. The molecule has 1 atom stereocenters. The Kier molecular flexibility index (Phi) is 5.67. The first kappa shape index (κ1) is 15.9. The van der Waals surface area contributed by atoms with E-state index in [2.05, 4.69) is 5.32 Å². The van der Waals surface area contributed by atoms with E-state index in [1.165, 1.54) is 0 Å². The van der Waals surface area contributed by atoms with Crippen LogP contribution in [0.2, 0.25) is 0 Å².